The lowest BCUT2D eigenvalue weighted by atomic mass is 9.85. The van der Waals surface area contributed by atoms with Crippen molar-refractivity contribution in [2.45, 2.75) is 37.3 Å². The average molecular weight is 332 g/mol. The van der Waals surface area contributed by atoms with Crippen molar-refractivity contribution < 1.29 is 18.7 Å². The minimum atomic E-state index is -0.264. The number of hydrogen-bond donors (Lipinski definition) is 1. The molecule has 1 N–H and O–H groups in total. The van der Waals surface area contributed by atoms with Gasteiger partial charge in [0.2, 0.25) is 0 Å². The molecule has 8 heteroatoms. The average Bonchev–Trinajstić information content (AvgIpc) is 3.21. The molecule has 3 heterocycles. The van der Waals surface area contributed by atoms with Gasteiger partial charge in [-0.15, -0.1) is 0 Å². The lowest BCUT2D eigenvalue weighted by molar-refractivity contribution is 0.0899. The fourth-order valence-corrected chi connectivity index (χ4v) is 2.90. The molecule has 2 aliphatic rings. The van der Waals surface area contributed by atoms with Crippen molar-refractivity contribution in [3.63, 3.8) is 0 Å². The van der Waals surface area contributed by atoms with E-state index in [0.29, 0.717) is 36.5 Å². The molecule has 1 saturated heterocycles. The summed E-state index contributed by atoms with van der Waals surface area (Å²) in [5.74, 6) is 1.42. The molecule has 2 aromatic rings. The zero-order valence-electron chi connectivity index (χ0n) is 13.5. The number of oxazole rings is 1. The van der Waals surface area contributed by atoms with Crippen LogP contribution in [0.1, 0.15) is 41.6 Å². The Labute approximate surface area is 139 Å². The largest absolute Gasteiger partial charge is 0.482 e. The molecule has 8 nitrogen and oxygen atoms in total. The van der Waals surface area contributed by atoms with Crippen LogP contribution in [0.4, 0.5) is 0 Å². The molecule has 1 aliphatic carbocycles. The highest BCUT2D eigenvalue weighted by molar-refractivity contribution is 5.92. The number of aromatic nitrogens is 3. The number of carbonyl (C=O) groups is 1. The molecule has 1 amide bonds. The van der Waals surface area contributed by atoms with Crippen molar-refractivity contribution in [1.82, 2.24) is 20.1 Å². The second-order valence-electron chi connectivity index (χ2n) is 6.32. The number of ether oxygens (including phenoxy) is 2. The molecular formula is C16H20N4O4. The van der Waals surface area contributed by atoms with Crippen LogP contribution in [0.5, 0.6) is 5.75 Å². The first-order chi connectivity index (χ1) is 11.7. The summed E-state index contributed by atoms with van der Waals surface area (Å²) in [7, 11) is 1.82. The van der Waals surface area contributed by atoms with Gasteiger partial charge in [0.15, 0.2) is 17.3 Å². The van der Waals surface area contributed by atoms with Gasteiger partial charge in [0.05, 0.1) is 31.6 Å². The van der Waals surface area contributed by atoms with Crippen LogP contribution in [0.25, 0.3) is 0 Å². The molecule has 4 rings (SSSR count). The van der Waals surface area contributed by atoms with Gasteiger partial charge >= 0.3 is 0 Å². The number of amides is 1. The van der Waals surface area contributed by atoms with Gasteiger partial charge in [-0.05, 0) is 12.8 Å². The maximum absolute atomic E-state index is 12.4. The molecule has 2 aromatic heterocycles. The quantitative estimate of drug-likeness (QED) is 0.886. The first kappa shape index (κ1) is 15.2. The lowest BCUT2D eigenvalue weighted by Crippen LogP contribution is -2.45. The second kappa shape index (κ2) is 6.27. The molecule has 0 spiro atoms. The Morgan fingerprint density at radius 3 is 3.00 bits per heavy atom. The zero-order chi connectivity index (χ0) is 16.5. The number of rotatable bonds is 5. The normalized spacial score (nSPS) is 23.9. The van der Waals surface area contributed by atoms with Crippen molar-refractivity contribution in [2.24, 2.45) is 7.05 Å². The lowest BCUT2D eigenvalue weighted by Gasteiger charge is -2.21. The van der Waals surface area contributed by atoms with E-state index < -0.39 is 0 Å². The van der Waals surface area contributed by atoms with Gasteiger partial charge in [0.25, 0.3) is 5.91 Å². The third-order valence-electron chi connectivity index (χ3n) is 4.52. The minimum Gasteiger partial charge on any atom is -0.482 e. The van der Waals surface area contributed by atoms with Crippen LogP contribution in [0.3, 0.4) is 0 Å². The predicted octanol–water partition coefficient (Wildman–Crippen LogP) is 1.25. The summed E-state index contributed by atoms with van der Waals surface area (Å²) >= 11 is 0. The van der Waals surface area contributed by atoms with Crippen molar-refractivity contribution >= 4 is 5.91 Å². The molecule has 128 valence electrons. The standard InChI is InChI=1S/C16H20N4O4/c1-20-6-11(5-17-20)24-14-9-22-7-12(14)18-15(21)13-8-23-16(19-13)10-3-2-4-10/h5-6,8,10,12,14H,2-4,7,9H2,1H3,(H,18,21)/t12-,14+/m0/s1. The number of nitrogens with zero attached hydrogens (tertiary/aromatic N) is 3. The van der Waals surface area contributed by atoms with E-state index in [9.17, 15) is 4.79 Å². The van der Waals surface area contributed by atoms with Crippen molar-refractivity contribution in [2.75, 3.05) is 13.2 Å². The molecule has 24 heavy (non-hydrogen) atoms. The third-order valence-corrected chi connectivity index (χ3v) is 4.52. The minimum absolute atomic E-state index is 0.235. The molecule has 0 bridgehead atoms. The Hall–Kier alpha value is -2.35. The van der Waals surface area contributed by atoms with Crippen LogP contribution in [-0.2, 0) is 11.8 Å². The molecular weight excluding hydrogens is 312 g/mol. The van der Waals surface area contributed by atoms with Crippen LogP contribution >= 0.6 is 0 Å². The Bertz CT molecular complexity index is 721. The van der Waals surface area contributed by atoms with E-state index in [4.69, 9.17) is 13.9 Å². The number of nitrogens with one attached hydrogen (secondary N) is 1. The maximum atomic E-state index is 12.4. The number of hydrogen-bond acceptors (Lipinski definition) is 6. The second-order valence-corrected chi connectivity index (χ2v) is 6.32. The topological polar surface area (TPSA) is 91.4 Å². The number of carbonyl (C=O) groups excluding carboxylic acids is 1. The summed E-state index contributed by atoms with van der Waals surface area (Å²) in [6.07, 6.45) is 7.95. The van der Waals surface area contributed by atoms with Crippen molar-refractivity contribution in [1.29, 1.82) is 0 Å². The summed E-state index contributed by atoms with van der Waals surface area (Å²) in [6, 6.07) is -0.235. The maximum Gasteiger partial charge on any atom is 0.273 e. The molecule has 0 unspecified atom stereocenters. The van der Waals surface area contributed by atoms with E-state index in [0.717, 1.165) is 12.8 Å². The van der Waals surface area contributed by atoms with Gasteiger partial charge in [0, 0.05) is 13.0 Å². The highest BCUT2D eigenvalue weighted by Gasteiger charge is 2.33. The van der Waals surface area contributed by atoms with Crippen LogP contribution in [0.15, 0.2) is 23.1 Å². The van der Waals surface area contributed by atoms with Gasteiger partial charge in [-0.3, -0.25) is 9.48 Å². The van der Waals surface area contributed by atoms with Gasteiger partial charge in [-0.2, -0.15) is 5.10 Å². The van der Waals surface area contributed by atoms with E-state index >= 15 is 0 Å². The zero-order valence-corrected chi connectivity index (χ0v) is 13.5. The molecule has 1 saturated carbocycles. The first-order valence-corrected chi connectivity index (χ1v) is 8.18. The SMILES string of the molecule is Cn1cc(O[C@@H]2COC[C@@H]2NC(=O)c2coc(C3CCC3)n2)cn1. The highest BCUT2D eigenvalue weighted by Crippen LogP contribution is 2.35. The molecule has 0 aromatic carbocycles. The Balaban J connectivity index is 1.37. The fourth-order valence-electron chi connectivity index (χ4n) is 2.90. The van der Waals surface area contributed by atoms with Crippen LogP contribution in [0, 0.1) is 0 Å². The molecule has 2 atom stereocenters. The summed E-state index contributed by atoms with van der Waals surface area (Å²) in [5, 5.41) is 6.99. The van der Waals surface area contributed by atoms with Gasteiger partial charge in [0.1, 0.15) is 12.4 Å². The predicted molar refractivity (Wildman–Crippen MR) is 82.8 cm³/mol. The van der Waals surface area contributed by atoms with E-state index in [1.165, 1.54) is 12.7 Å². The summed E-state index contributed by atoms with van der Waals surface area (Å²) in [5.41, 5.74) is 0.309. The summed E-state index contributed by atoms with van der Waals surface area (Å²) in [6.45, 7) is 0.829. The van der Waals surface area contributed by atoms with Crippen LogP contribution in [0.2, 0.25) is 0 Å². The highest BCUT2D eigenvalue weighted by atomic mass is 16.5. The van der Waals surface area contributed by atoms with Gasteiger partial charge in [-0.1, -0.05) is 6.42 Å². The Morgan fingerprint density at radius 2 is 2.29 bits per heavy atom. The monoisotopic (exact) mass is 332 g/mol. The Kier molecular flexibility index (Phi) is 3.97. The van der Waals surface area contributed by atoms with Crippen molar-refractivity contribution in [3.8, 4) is 5.75 Å². The smallest absolute Gasteiger partial charge is 0.273 e. The van der Waals surface area contributed by atoms with Gasteiger partial charge in [-0.25, -0.2) is 4.98 Å². The third kappa shape index (κ3) is 3.01. The van der Waals surface area contributed by atoms with E-state index in [1.54, 1.807) is 17.1 Å². The van der Waals surface area contributed by atoms with E-state index in [-0.39, 0.29) is 18.1 Å². The molecule has 0 radical (unpaired) electrons. The Morgan fingerprint density at radius 1 is 1.42 bits per heavy atom. The van der Waals surface area contributed by atoms with Gasteiger partial charge < -0.3 is 19.2 Å². The summed E-state index contributed by atoms with van der Waals surface area (Å²) in [4.78, 5) is 16.7. The number of aryl methyl sites for hydroxylation is 1. The first-order valence-electron chi connectivity index (χ1n) is 8.18. The molecule has 1 aliphatic heterocycles. The molecule has 2 fully saturated rings. The van der Waals surface area contributed by atoms with Crippen LogP contribution in [-0.4, -0.2) is 46.0 Å². The fraction of sp³-hybridized carbons (Fsp3) is 0.562. The van der Waals surface area contributed by atoms with Crippen molar-refractivity contribution in [3.05, 3.63) is 30.2 Å². The summed E-state index contributed by atoms with van der Waals surface area (Å²) < 4.78 is 18.4. The van der Waals surface area contributed by atoms with E-state index in [2.05, 4.69) is 15.4 Å². The van der Waals surface area contributed by atoms with E-state index in [1.807, 2.05) is 7.05 Å². The van der Waals surface area contributed by atoms with Crippen LogP contribution < -0.4 is 10.1 Å².